The van der Waals surface area contributed by atoms with Crippen LogP contribution in [0.1, 0.15) is 45.1 Å². The monoisotopic (exact) mass is 447 g/mol. The van der Waals surface area contributed by atoms with Gasteiger partial charge in [-0.1, -0.05) is 86.5 Å². The Morgan fingerprint density at radius 2 is 1.81 bits per heavy atom. The first-order chi connectivity index (χ1) is 15.7. The van der Waals surface area contributed by atoms with Crippen LogP contribution >= 0.6 is 11.8 Å². The number of unbranched alkanes of at least 4 members (excludes halogenated alkanes) is 3. The Morgan fingerprint density at radius 3 is 2.62 bits per heavy atom. The second-order valence-corrected chi connectivity index (χ2v) is 9.28. The van der Waals surface area contributed by atoms with Crippen LogP contribution in [-0.4, -0.2) is 37.5 Å². The van der Waals surface area contributed by atoms with E-state index >= 15 is 0 Å². The van der Waals surface area contributed by atoms with E-state index in [0.29, 0.717) is 18.2 Å². The summed E-state index contributed by atoms with van der Waals surface area (Å²) in [5, 5.41) is 13.1. The first kappa shape index (κ1) is 22.3. The summed E-state index contributed by atoms with van der Waals surface area (Å²) in [6, 6.07) is 18.5. The highest BCUT2D eigenvalue weighted by atomic mass is 32.2. The number of aromatic nitrogens is 4. The fourth-order valence-corrected chi connectivity index (χ4v) is 4.52. The first-order valence-electron chi connectivity index (χ1n) is 11.3. The Bertz CT molecular complexity index is 1190. The van der Waals surface area contributed by atoms with Gasteiger partial charge in [-0.2, -0.15) is 0 Å². The third kappa shape index (κ3) is 5.10. The van der Waals surface area contributed by atoms with Gasteiger partial charge in [-0.25, -0.2) is 4.98 Å². The Labute approximate surface area is 192 Å². The number of carbonyl (C=O) groups excluding carboxylic acids is 1. The Morgan fingerprint density at radius 1 is 1.03 bits per heavy atom. The molecule has 0 radical (unpaired) electrons. The van der Waals surface area contributed by atoms with Crippen LogP contribution in [-0.2, 0) is 11.3 Å². The van der Waals surface area contributed by atoms with Gasteiger partial charge in [0, 0.05) is 18.5 Å². The molecule has 0 aliphatic rings. The van der Waals surface area contributed by atoms with Crippen LogP contribution in [0.15, 0.2) is 59.8 Å². The molecule has 166 valence electrons. The van der Waals surface area contributed by atoms with Crippen LogP contribution in [0.25, 0.3) is 22.1 Å². The van der Waals surface area contributed by atoms with Crippen molar-refractivity contribution in [3.05, 3.63) is 60.2 Å². The Kier molecular flexibility index (Phi) is 7.37. The zero-order valence-corrected chi connectivity index (χ0v) is 19.4. The molecular formula is C25H29N5OS. The van der Waals surface area contributed by atoms with Crippen LogP contribution in [0.3, 0.4) is 0 Å². The number of fused-ring (bicyclic) bond motifs is 3. The third-order valence-electron chi connectivity index (χ3n) is 5.52. The number of carbonyl (C=O) groups is 1. The lowest BCUT2D eigenvalue weighted by atomic mass is 10.2. The molecule has 32 heavy (non-hydrogen) atoms. The standard InChI is InChI=1S/C25H29N5OS/c1-3-4-5-11-16-26-24(31)18(2)32-25-27-23-22(28-29-25)20-14-9-10-15-21(20)30(23)17-19-12-7-6-8-13-19/h6-10,12-15,18H,3-5,11,16-17H2,1-2H3,(H,26,31). The van der Waals surface area contributed by atoms with E-state index in [1.54, 1.807) is 0 Å². The zero-order chi connectivity index (χ0) is 22.3. The van der Waals surface area contributed by atoms with Gasteiger partial charge in [0.1, 0.15) is 5.52 Å². The van der Waals surface area contributed by atoms with Crippen molar-refractivity contribution in [2.45, 2.75) is 56.5 Å². The lowest BCUT2D eigenvalue weighted by molar-refractivity contribution is -0.120. The van der Waals surface area contributed by atoms with Gasteiger partial charge in [-0.05, 0) is 25.0 Å². The molecule has 1 unspecified atom stereocenters. The minimum absolute atomic E-state index is 0.0139. The van der Waals surface area contributed by atoms with Gasteiger partial charge < -0.3 is 9.88 Å². The topological polar surface area (TPSA) is 72.7 Å². The molecule has 1 atom stereocenters. The van der Waals surface area contributed by atoms with E-state index in [1.807, 2.05) is 37.3 Å². The number of benzene rings is 2. The molecule has 0 bridgehead atoms. The second kappa shape index (κ2) is 10.6. The fraction of sp³-hybridized carbons (Fsp3) is 0.360. The first-order valence-corrected chi connectivity index (χ1v) is 12.1. The SMILES string of the molecule is CCCCCCNC(=O)C(C)Sc1nnc2c3ccccc3n(Cc3ccccc3)c2n1. The molecule has 4 aromatic rings. The lowest BCUT2D eigenvalue weighted by Crippen LogP contribution is -2.31. The van der Waals surface area contributed by atoms with E-state index in [1.165, 1.54) is 30.2 Å². The minimum atomic E-state index is -0.285. The molecule has 7 heteroatoms. The average molecular weight is 448 g/mol. The van der Waals surface area contributed by atoms with Gasteiger partial charge in [0.2, 0.25) is 11.1 Å². The van der Waals surface area contributed by atoms with Crippen molar-refractivity contribution in [3.8, 4) is 0 Å². The highest BCUT2D eigenvalue weighted by Crippen LogP contribution is 2.29. The van der Waals surface area contributed by atoms with Crippen molar-refractivity contribution < 1.29 is 4.79 Å². The third-order valence-corrected chi connectivity index (χ3v) is 6.47. The largest absolute Gasteiger partial charge is 0.355 e. The Hall–Kier alpha value is -2.93. The van der Waals surface area contributed by atoms with Crippen molar-refractivity contribution in [1.29, 1.82) is 0 Å². The number of hydrogen-bond acceptors (Lipinski definition) is 5. The van der Waals surface area contributed by atoms with E-state index in [2.05, 4.69) is 51.3 Å². The van der Waals surface area contributed by atoms with Crippen molar-refractivity contribution in [1.82, 2.24) is 25.1 Å². The maximum atomic E-state index is 12.5. The summed E-state index contributed by atoms with van der Waals surface area (Å²) in [7, 11) is 0. The maximum Gasteiger partial charge on any atom is 0.233 e. The number of amides is 1. The van der Waals surface area contributed by atoms with Crippen molar-refractivity contribution >= 4 is 39.7 Å². The predicted molar refractivity (Wildman–Crippen MR) is 131 cm³/mol. The lowest BCUT2D eigenvalue weighted by Gasteiger charge is -2.11. The van der Waals surface area contributed by atoms with Crippen molar-refractivity contribution in [2.75, 3.05) is 6.54 Å². The van der Waals surface area contributed by atoms with Crippen LogP contribution in [0.4, 0.5) is 0 Å². The Balaban J connectivity index is 1.56. The molecule has 1 amide bonds. The average Bonchev–Trinajstić information content (AvgIpc) is 3.12. The number of nitrogens with zero attached hydrogens (tertiary/aromatic N) is 4. The number of rotatable bonds is 10. The molecule has 2 heterocycles. The van der Waals surface area contributed by atoms with Gasteiger partial charge in [0.15, 0.2) is 5.65 Å². The number of para-hydroxylation sites is 1. The molecule has 2 aromatic heterocycles. The predicted octanol–water partition coefficient (Wildman–Crippen LogP) is 5.20. The summed E-state index contributed by atoms with van der Waals surface area (Å²) in [4.78, 5) is 17.3. The molecule has 1 N–H and O–H groups in total. The normalized spacial score (nSPS) is 12.3. The van der Waals surface area contributed by atoms with E-state index in [-0.39, 0.29) is 11.2 Å². The molecule has 0 saturated carbocycles. The highest BCUT2D eigenvalue weighted by molar-refractivity contribution is 8.00. The fourth-order valence-electron chi connectivity index (χ4n) is 3.78. The molecule has 0 aliphatic heterocycles. The minimum Gasteiger partial charge on any atom is -0.355 e. The summed E-state index contributed by atoms with van der Waals surface area (Å²) in [6.45, 7) is 5.48. The van der Waals surface area contributed by atoms with Crippen LogP contribution in [0.5, 0.6) is 0 Å². The summed E-state index contributed by atoms with van der Waals surface area (Å²) in [5.74, 6) is 0.0139. The maximum absolute atomic E-state index is 12.5. The van der Waals surface area contributed by atoms with Gasteiger partial charge in [-0.15, -0.1) is 10.2 Å². The number of thioether (sulfide) groups is 1. The van der Waals surface area contributed by atoms with Gasteiger partial charge in [0.25, 0.3) is 0 Å². The van der Waals surface area contributed by atoms with E-state index in [4.69, 9.17) is 4.98 Å². The highest BCUT2D eigenvalue weighted by Gasteiger charge is 2.19. The summed E-state index contributed by atoms with van der Waals surface area (Å²) in [6.07, 6.45) is 4.55. The van der Waals surface area contributed by atoms with Gasteiger partial charge in [-0.3, -0.25) is 4.79 Å². The molecule has 0 fully saturated rings. The van der Waals surface area contributed by atoms with Crippen LogP contribution < -0.4 is 5.32 Å². The van der Waals surface area contributed by atoms with Gasteiger partial charge >= 0.3 is 0 Å². The summed E-state index contributed by atoms with van der Waals surface area (Å²) < 4.78 is 2.18. The molecular weight excluding hydrogens is 418 g/mol. The second-order valence-electron chi connectivity index (χ2n) is 7.97. The van der Waals surface area contributed by atoms with E-state index in [9.17, 15) is 4.79 Å². The zero-order valence-electron chi connectivity index (χ0n) is 18.6. The summed E-state index contributed by atoms with van der Waals surface area (Å²) in [5.41, 5.74) is 3.85. The summed E-state index contributed by atoms with van der Waals surface area (Å²) >= 11 is 1.35. The molecule has 4 rings (SSSR count). The molecule has 2 aromatic carbocycles. The van der Waals surface area contributed by atoms with Crippen molar-refractivity contribution in [3.63, 3.8) is 0 Å². The molecule has 0 saturated heterocycles. The number of nitrogens with one attached hydrogen (secondary N) is 1. The molecule has 6 nitrogen and oxygen atoms in total. The van der Waals surface area contributed by atoms with Crippen molar-refractivity contribution in [2.24, 2.45) is 0 Å². The van der Waals surface area contributed by atoms with Gasteiger partial charge in [0.05, 0.1) is 10.8 Å². The van der Waals surface area contributed by atoms with E-state index < -0.39 is 0 Å². The van der Waals surface area contributed by atoms with Crippen LogP contribution in [0, 0.1) is 0 Å². The smallest absolute Gasteiger partial charge is 0.233 e. The van der Waals surface area contributed by atoms with E-state index in [0.717, 1.165) is 34.9 Å². The molecule has 0 spiro atoms. The van der Waals surface area contributed by atoms with Crippen LogP contribution in [0.2, 0.25) is 0 Å². The quantitative estimate of drug-likeness (QED) is 0.267. The number of hydrogen-bond donors (Lipinski definition) is 1. The molecule has 0 aliphatic carbocycles.